The molecule has 9 heteroatoms. The van der Waals surface area contributed by atoms with E-state index >= 15 is 0 Å². The first-order chi connectivity index (χ1) is 6.36. The molecule has 0 aromatic carbocycles. The SMILES string of the molecule is O=[N+]([O-])O.O=[N+]([O-])O.[Ce][C]1=CC=CC1. The van der Waals surface area contributed by atoms with Crippen LogP contribution in [0.4, 0.5) is 0 Å². The van der Waals surface area contributed by atoms with Crippen LogP contribution in [0, 0.1) is 59.9 Å². The van der Waals surface area contributed by atoms with E-state index in [9.17, 15) is 0 Å². The van der Waals surface area contributed by atoms with Gasteiger partial charge in [0.15, 0.2) is 0 Å². The Morgan fingerprint density at radius 2 is 1.64 bits per heavy atom. The fourth-order valence-electron chi connectivity index (χ4n) is 0.447. The Labute approximate surface area is 105 Å². The van der Waals surface area contributed by atoms with Gasteiger partial charge in [0.1, 0.15) is 0 Å². The number of nitrogens with zero attached hydrogens (tertiary/aromatic N) is 2. The average Bonchev–Trinajstić information content (AvgIpc) is 2.36. The van der Waals surface area contributed by atoms with Crippen molar-refractivity contribution in [2.45, 2.75) is 6.42 Å². The van der Waals surface area contributed by atoms with Crippen LogP contribution in [0.3, 0.4) is 0 Å². The number of rotatable bonds is 0. The molecule has 77 valence electrons. The molecule has 1 aliphatic rings. The Balaban J connectivity index is 0. The first-order valence-corrected chi connectivity index (χ1v) is 4.67. The third-order valence-electron chi connectivity index (χ3n) is 0.771. The van der Waals surface area contributed by atoms with Crippen molar-refractivity contribution in [3.8, 4) is 0 Å². The van der Waals surface area contributed by atoms with Crippen LogP contribution in [0.5, 0.6) is 0 Å². The molecule has 0 heterocycles. The van der Waals surface area contributed by atoms with Gasteiger partial charge in [-0.15, -0.1) is 20.2 Å². The summed E-state index contributed by atoms with van der Waals surface area (Å²) in [4.78, 5) is 16.7. The topological polar surface area (TPSA) is 127 Å². The predicted octanol–water partition coefficient (Wildman–Crippen LogP) is 0.684. The van der Waals surface area contributed by atoms with Gasteiger partial charge in [0.05, 0.1) is 0 Å². The molecule has 0 radical (unpaired) electrons. The van der Waals surface area contributed by atoms with Crippen molar-refractivity contribution in [2.75, 3.05) is 0 Å². The van der Waals surface area contributed by atoms with Crippen LogP contribution in [0.25, 0.3) is 0 Å². The van der Waals surface area contributed by atoms with Gasteiger partial charge >= 0.3 is 65.4 Å². The fraction of sp³-hybridized carbons (Fsp3) is 0.200. The summed E-state index contributed by atoms with van der Waals surface area (Å²) >= 11 is 1.25. The molecule has 0 saturated carbocycles. The second kappa shape index (κ2) is 10.3. The summed E-state index contributed by atoms with van der Waals surface area (Å²) in [6, 6.07) is 0. The molecule has 0 saturated heterocycles. The van der Waals surface area contributed by atoms with Crippen molar-refractivity contribution in [3.63, 3.8) is 0 Å². The van der Waals surface area contributed by atoms with Crippen molar-refractivity contribution in [1.29, 1.82) is 0 Å². The summed E-state index contributed by atoms with van der Waals surface area (Å²) in [5.74, 6) is 0. The first-order valence-electron chi connectivity index (χ1n) is 3.10. The predicted molar refractivity (Wildman–Crippen MR) is 39.4 cm³/mol. The molecule has 1 rings (SSSR count). The Kier molecular flexibility index (Phi) is 11.6. The quantitative estimate of drug-likeness (QED) is 0.496. The molecule has 0 unspecified atom stereocenters. The van der Waals surface area contributed by atoms with E-state index < -0.39 is 10.2 Å². The van der Waals surface area contributed by atoms with Crippen LogP contribution in [-0.4, -0.2) is 20.6 Å². The van der Waals surface area contributed by atoms with Crippen LogP contribution in [0.15, 0.2) is 19.3 Å². The minimum atomic E-state index is -1.50. The molecule has 0 aromatic heterocycles. The van der Waals surface area contributed by atoms with Gasteiger partial charge in [0.2, 0.25) is 0 Å². The zero-order valence-electron chi connectivity index (χ0n) is 6.86. The van der Waals surface area contributed by atoms with Crippen LogP contribution >= 0.6 is 0 Å². The van der Waals surface area contributed by atoms with Crippen LogP contribution in [0.1, 0.15) is 6.42 Å². The number of allylic oxidation sites excluding steroid dienone is 4. The normalized spacial score (nSPS) is 11.2. The van der Waals surface area contributed by atoms with E-state index in [-0.39, 0.29) is 0 Å². The van der Waals surface area contributed by atoms with Crippen molar-refractivity contribution in [3.05, 3.63) is 39.5 Å². The van der Waals surface area contributed by atoms with Gasteiger partial charge in [-0.05, 0) is 0 Å². The van der Waals surface area contributed by atoms with Gasteiger partial charge in [0.25, 0.3) is 10.2 Å². The Morgan fingerprint density at radius 3 is 1.71 bits per heavy atom. The number of hydrogen-bond acceptors (Lipinski definition) is 4. The van der Waals surface area contributed by atoms with Crippen molar-refractivity contribution in [1.82, 2.24) is 0 Å². The molecule has 2 N–H and O–H groups in total. The molecule has 0 atom stereocenters. The van der Waals surface area contributed by atoms with Crippen LogP contribution < -0.4 is 0 Å². The third-order valence-corrected chi connectivity index (χ3v) is 1.94. The molecule has 0 fully saturated rings. The van der Waals surface area contributed by atoms with E-state index in [2.05, 4.69) is 18.2 Å². The molecule has 0 aliphatic heterocycles. The second-order valence-corrected chi connectivity index (χ2v) is 3.82. The Morgan fingerprint density at radius 1 is 1.29 bits per heavy atom. The monoisotopic (exact) mass is 331 g/mol. The third kappa shape index (κ3) is 30.3. The second-order valence-electron chi connectivity index (χ2n) is 1.80. The van der Waals surface area contributed by atoms with Crippen molar-refractivity contribution < 1.29 is 60.2 Å². The Hall–Kier alpha value is -0.743. The standard InChI is InChI=1S/C5H5.Ce.2HNO3/c1-2-4-5-3-1;;2*2-1(3)4/h1-3H,4H2;;2*(H,2,3,4). The summed E-state index contributed by atoms with van der Waals surface area (Å²) in [6.45, 7) is 0. The maximum absolute atomic E-state index is 8.36. The van der Waals surface area contributed by atoms with Crippen molar-refractivity contribution >= 4 is 0 Å². The molecular weight excluding hydrogens is 324 g/mol. The van der Waals surface area contributed by atoms with E-state index in [0.717, 1.165) is 0 Å². The van der Waals surface area contributed by atoms with Gasteiger partial charge in [0, 0.05) is 0 Å². The summed E-state index contributed by atoms with van der Waals surface area (Å²) in [6.07, 6.45) is 7.75. The van der Waals surface area contributed by atoms with E-state index in [4.69, 9.17) is 30.6 Å². The van der Waals surface area contributed by atoms with Crippen molar-refractivity contribution in [2.24, 2.45) is 0 Å². The summed E-state index contributed by atoms with van der Waals surface area (Å²) in [7, 11) is 0. The van der Waals surface area contributed by atoms with Gasteiger partial charge in [-0.1, -0.05) is 0 Å². The maximum atomic E-state index is 8.36. The zero-order chi connectivity index (χ0) is 11.6. The summed E-state index contributed by atoms with van der Waals surface area (Å²) in [5, 5.41) is 27.3. The average molecular weight is 331 g/mol. The molecule has 0 amide bonds. The molecule has 0 bridgehead atoms. The van der Waals surface area contributed by atoms with E-state index in [0.29, 0.717) is 0 Å². The van der Waals surface area contributed by atoms with E-state index in [1.165, 1.54) is 46.1 Å². The molecule has 8 nitrogen and oxygen atoms in total. The first kappa shape index (κ1) is 15.7. The molecule has 14 heavy (non-hydrogen) atoms. The summed E-state index contributed by atoms with van der Waals surface area (Å²) in [5.41, 5.74) is 0. The molecular formula is C5H7CeN2O6. The fourth-order valence-corrected chi connectivity index (χ4v) is 1.12. The zero-order valence-corrected chi connectivity index (χ0v) is 10.0. The van der Waals surface area contributed by atoms with Crippen LogP contribution in [0.2, 0.25) is 0 Å². The minimum absolute atomic E-state index is 1.23. The van der Waals surface area contributed by atoms with E-state index in [1.54, 1.807) is 1.09 Å². The summed E-state index contributed by atoms with van der Waals surface area (Å²) < 4.78 is 1.61. The molecule has 0 spiro atoms. The van der Waals surface area contributed by atoms with Crippen LogP contribution in [-0.2, 0) is 0 Å². The van der Waals surface area contributed by atoms with E-state index in [1.807, 2.05) is 0 Å². The number of hydrogen-bond donors (Lipinski definition) is 2. The van der Waals surface area contributed by atoms with Gasteiger partial charge < -0.3 is 10.4 Å². The van der Waals surface area contributed by atoms with Gasteiger partial charge in [-0.2, -0.15) is 0 Å². The van der Waals surface area contributed by atoms with Gasteiger partial charge in [-0.3, -0.25) is 0 Å². The molecule has 0 aromatic rings. The Bertz CT molecular complexity index is 231. The molecule has 1 aliphatic carbocycles. The van der Waals surface area contributed by atoms with Gasteiger partial charge in [-0.25, -0.2) is 0 Å².